The fourth-order valence-electron chi connectivity index (χ4n) is 6.23. The number of amides is 3. The molecule has 5 unspecified atom stereocenters. The molecule has 1 spiro atoms. The van der Waals surface area contributed by atoms with Gasteiger partial charge in [-0.1, -0.05) is 60.5 Å². The third-order valence-corrected chi connectivity index (χ3v) is 8.59. The van der Waals surface area contributed by atoms with E-state index in [1.807, 2.05) is 12.2 Å². The number of carbonyl (C=O) groups is 5. The smallest absolute Gasteiger partial charge is 0.408 e. The van der Waals surface area contributed by atoms with Gasteiger partial charge in [0.1, 0.15) is 28.9 Å². The number of Topliss-reactive ketones (excluding diaryl/α,β-unsaturated/α-hetero) is 1. The van der Waals surface area contributed by atoms with Crippen molar-refractivity contribution in [2.24, 2.45) is 11.1 Å². The summed E-state index contributed by atoms with van der Waals surface area (Å²) in [5.41, 5.74) is -2.81. The van der Waals surface area contributed by atoms with E-state index in [2.05, 4.69) is 15.8 Å². The number of aliphatic carboxylic acids is 1. The Hall–Kier alpha value is -4.22. The number of oxime groups is 1. The summed E-state index contributed by atoms with van der Waals surface area (Å²) in [6, 6.07) is 6.51. The molecule has 5 atom stereocenters. The first-order valence-corrected chi connectivity index (χ1v) is 15.2. The zero-order chi connectivity index (χ0) is 31.7. The molecule has 12 nitrogen and oxygen atoms in total. The minimum absolute atomic E-state index is 0.00495. The van der Waals surface area contributed by atoms with E-state index in [0.29, 0.717) is 18.4 Å². The summed E-state index contributed by atoms with van der Waals surface area (Å²) < 4.78 is 5.43. The van der Waals surface area contributed by atoms with Gasteiger partial charge in [0, 0.05) is 24.3 Å². The van der Waals surface area contributed by atoms with Crippen molar-refractivity contribution >= 4 is 35.4 Å². The number of nitrogens with one attached hydrogen (secondary N) is 2. The molecule has 12 heteroatoms. The average Bonchev–Trinajstić information content (AvgIpc) is 3.31. The van der Waals surface area contributed by atoms with Gasteiger partial charge < -0.3 is 30.2 Å². The molecule has 236 valence electrons. The van der Waals surface area contributed by atoms with Gasteiger partial charge in [-0.15, -0.1) is 0 Å². The van der Waals surface area contributed by atoms with E-state index < -0.39 is 52.7 Å². The molecule has 5 rings (SSSR count). The minimum Gasteiger partial charge on any atom is -0.479 e. The van der Waals surface area contributed by atoms with E-state index >= 15 is 0 Å². The highest BCUT2D eigenvalue weighted by Gasteiger charge is 2.62. The van der Waals surface area contributed by atoms with Crippen molar-refractivity contribution in [2.45, 2.75) is 101 Å². The Morgan fingerprint density at radius 3 is 2.57 bits per heavy atom. The number of allylic oxidation sites excluding steroid dienone is 1. The van der Waals surface area contributed by atoms with Crippen LogP contribution in [0.3, 0.4) is 0 Å². The molecule has 1 saturated heterocycles. The molecule has 3 amide bonds. The van der Waals surface area contributed by atoms with E-state index in [9.17, 15) is 29.1 Å². The third kappa shape index (κ3) is 6.63. The second kappa shape index (κ2) is 12.0. The van der Waals surface area contributed by atoms with Gasteiger partial charge in [0.2, 0.25) is 17.6 Å². The molecule has 3 N–H and O–H groups in total. The van der Waals surface area contributed by atoms with Crippen LogP contribution >= 0.6 is 0 Å². The van der Waals surface area contributed by atoms with Gasteiger partial charge >= 0.3 is 12.1 Å². The monoisotopic (exact) mass is 608 g/mol. The van der Waals surface area contributed by atoms with Gasteiger partial charge in [-0.05, 0) is 46.5 Å². The second-order valence-corrected chi connectivity index (χ2v) is 13.2. The van der Waals surface area contributed by atoms with E-state index in [-0.39, 0.29) is 43.2 Å². The summed E-state index contributed by atoms with van der Waals surface area (Å²) in [4.78, 5) is 73.5. The van der Waals surface area contributed by atoms with Crippen LogP contribution in [0, 0.1) is 5.92 Å². The Bertz CT molecular complexity index is 1390. The molecule has 1 aliphatic carbocycles. The number of fused-ring (bicyclic) bond motifs is 2. The van der Waals surface area contributed by atoms with E-state index in [0.717, 1.165) is 19.3 Å². The summed E-state index contributed by atoms with van der Waals surface area (Å²) in [7, 11) is 0. The van der Waals surface area contributed by atoms with Gasteiger partial charge in [-0.3, -0.25) is 14.4 Å². The van der Waals surface area contributed by atoms with Crippen LogP contribution in [-0.2, 0) is 24.0 Å². The van der Waals surface area contributed by atoms with Crippen LogP contribution in [0.4, 0.5) is 4.79 Å². The Kier molecular flexibility index (Phi) is 8.55. The number of nitrogens with zero attached hydrogens (tertiary/aromatic N) is 2. The lowest BCUT2D eigenvalue weighted by Crippen LogP contribution is -2.56. The van der Waals surface area contributed by atoms with Gasteiger partial charge in [0.15, 0.2) is 5.60 Å². The van der Waals surface area contributed by atoms with Crippen molar-refractivity contribution < 1.29 is 38.7 Å². The van der Waals surface area contributed by atoms with Gasteiger partial charge in [-0.2, -0.15) is 0 Å². The molecular weight excluding hydrogens is 568 g/mol. The number of ketones is 1. The topological polar surface area (TPSA) is 164 Å². The number of carbonyl (C=O) groups excluding carboxylic acids is 4. The lowest BCUT2D eigenvalue weighted by molar-refractivity contribution is -0.145. The molecular formula is C32H40N4O8. The van der Waals surface area contributed by atoms with Gasteiger partial charge in [0.05, 0.1) is 6.54 Å². The summed E-state index contributed by atoms with van der Waals surface area (Å²) in [5, 5.41) is 19.6. The predicted molar refractivity (Wildman–Crippen MR) is 159 cm³/mol. The second-order valence-electron chi connectivity index (χ2n) is 13.2. The normalized spacial score (nSPS) is 31.3. The first-order chi connectivity index (χ1) is 20.8. The lowest BCUT2D eigenvalue weighted by Gasteiger charge is -2.30. The van der Waals surface area contributed by atoms with E-state index in [1.165, 1.54) is 4.90 Å². The van der Waals surface area contributed by atoms with Crippen LogP contribution in [-0.4, -0.2) is 80.7 Å². The zero-order valence-corrected chi connectivity index (χ0v) is 25.3. The number of benzene rings is 1. The maximum Gasteiger partial charge on any atom is 0.408 e. The van der Waals surface area contributed by atoms with Gasteiger partial charge in [-0.25, -0.2) is 9.59 Å². The number of carboxylic acid groups (broad SMARTS) is 1. The molecule has 44 heavy (non-hydrogen) atoms. The first kappa shape index (κ1) is 31.2. The zero-order valence-electron chi connectivity index (χ0n) is 25.3. The third-order valence-electron chi connectivity index (χ3n) is 8.59. The number of hydrogen-bond acceptors (Lipinski definition) is 8. The predicted octanol–water partition coefficient (Wildman–Crippen LogP) is 3.36. The molecule has 0 aromatic heterocycles. The summed E-state index contributed by atoms with van der Waals surface area (Å²) >= 11 is 0. The molecule has 0 radical (unpaired) electrons. The molecule has 1 saturated carbocycles. The van der Waals surface area contributed by atoms with Crippen molar-refractivity contribution in [2.75, 3.05) is 6.54 Å². The molecule has 2 fully saturated rings. The number of carboxylic acids is 1. The fourth-order valence-corrected chi connectivity index (χ4v) is 6.23. The van der Waals surface area contributed by atoms with Crippen LogP contribution in [0.1, 0.15) is 82.5 Å². The van der Waals surface area contributed by atoms with Crippen LogP contribution in [0.2, 0.25) is 0 Å². The molecule has 3 aliphatic heterocycles. The lowest BCUT2D eigenvalue weighted by atomic mass is 9.91. The van der Waals surface area contributed by atoms with Crippen LogP contribution in [0.5, 0.6) is 0 Å². The maximum atomic E-state index is 14.2. The summed E-state index contributed by atoms with van der Waals surface area (Å²) in [6.45, 7) is 5.09. The molecule has 1 aromatic rings. The highest BCUT2D eigenvalue weighted by molar-refractivity contribution is 6.46. The molecule has 4 aliphatic rings. The number of rotatable bonds is 4. The van der Waals surface area contributed by atoms with Crippen molar-refractivity contribution in [3.05, 3.63) is 48.0 Å². The maximum absolute atomic E-state index is 14.2. The largest absolute Gasteiger partial charge is 0.479 e. The standard InChI is InChI=1S/C32H40N4O8/c1-30(2,3)43-29(42)33-22-15-11-6-4-5-10-14-21-16-32(21,28(40)41)34-26(38)24-18-31(19-36(24)27(22)39)17-23(35-44-31)25(37)20-12-8-7-9-13-20/h7-10,12-14,21-22,24H,4-6,11,15-19H2,1-3H3,(H,33,42)(H,34,38)(H,40,41)/b14-10-. The molecule has 3 heterocycles. The minimum atomic E-state index is -1.46. The van der Waals surface area contributed by atoms with Crippen molar-refractivity contribution in [1.29, 1.82) is 0 Å². The van der Waals surface area contributed by atoms with Crippen molar-refractivity contribution in [3.8, 4) is 0 Å². The van der Waals surface area contributed by atoms with Crippen LogP contribution in [0.25, 0.3) is 0 Å². The van der Waals surface area contributed by atoms with E-state index in [4.69, 9.17) is 9.57 Å². The average molecular weight is 609 g/mol. The molecule has 0 bridgehead atoms. The van der Waals surface area contributed by atoms with Gasteiger partial charge in [0.25, 0.3) is 0 Å². The summed E-state index contributed by atoms with van der Waals surface area (Å²) in [5.74, 6) is -2.97. The van der Waals surface area contributed by atoms with Crippen LogP contribution < -0.4 is 10.6 Å². The van der Waals surface area contributed by atoms with Crippen molar-refractivity contribution in [3.63, 3.8) is 0 Å². The summed E-state index contributed by atoms with van der Waals surface area (Å²) in [6.07, 6.45) is 6.61. The quantitative estimate of drug-likeness (QED) is 0.346. The Morgan fingerprint density at radius 1 is 1.11 bits per heavy atom. The Morgan fingerprint density at radius 2 is 1.86 bits per heavy atom. The van der Waals surface area contributed by atoms with E-state index in [1.54, 1.807) is 51.1 Å². The first-order valence-electron chi connectivity index (χ1n) is 15.2. The molecule has 1 aromatic carbocycles. The fraction of sp³-hybridized carbons (Fsp3) is 0.562. The van der Waals surface area contributed by atoms with Crippen LogP contribution in [0.15, 0.2) is 47.6 Å². The highest BCUT2D eigenvalue weighted by atomic mass is 16.7. The highest BCUT2D eigenvalue weighted by Crippen LogP contribution is 2.46. The Balaban J connectivity index is 1.43. The number of ether oxygens (including phenoxy) is 1. The Labute approximate surface area is 256 Å². The number of alkyl carbamates (subject to hydrolysis) is 1. The number of hydrogen-bond donors (Lipinski definition) is 3. The SMILES string of the molecule is CC(C)(C)OC(=O)NC1CCCCC/C=C\C2CC2(C(=O)O)NC(=O)C2CC3(CC(C(=O)c4ccccc4)=NO3)CN2C1=O. The van der Waals surface area contributed by atoms with Crippen molar-refractivity contribution in [1.82, 2.24) is 15.5 Å².